The van der Waals surface area contributed by atoms with E-state index in [1.54, 1.807) is 0 Å². The van der Waals surface area contributed by atoms with Crippen LogP contribution >= 0.6 is 0 Å². The Kier molecular flexibility index (Phi) is 5.37. The van der Waals surface area contributed by atoms with Crippen molar-refractivity contribution in [3.63, 3.8) is 0 Å². The highest BCUT2D eigenvalue weighted by Crippen LogP contribution is 2.11. The van der Waals surface area contributed by atoms with E-state index in [2.05, 4.69) is 16.6 Å². The second kappa shape index (κ2) is 7.27. The Morgan fingerprint density at radius 3 is 2.22 bits per heavy atom. The van der Waals surface area contributed by atoms with Crippen LogP contribution in [0.2, 0.25) is 0 Å². The summed E-state index contributed by atoms with van der Waals surface area (Å²) >= 11 is 0. The van der Waals surface area contributed by atoms with Crippen molar-refractivity contribution < 1.29 is 12.8 Å². The molecule has 0 amide bonds. The van der Waals surface area contributed by atoms with Gasteiger partial charge in [-0.25, -0.2) is 12.8 Å². The summed E-state index contributed by atoms with van der Waals surface area (Å²) in [4.78, 5) is 1.99. The molecule has 23 heavy (non-hydrogen) atoms. The number of anilines is 1. The van der Waals surface area contributed by atoms with Crippen LogP contribution in [0.4, 0.5) is 10.1 Å². The number of sulfonamides is 1. The van der Waals surface area contributed by atoms with Crippen molar-refractivity contribution in [2.75, 3.05) is 25.5 Å². The van der Waals surface area contributed by atoms with Gasteiger partial charge in [0.05, 0.1) is 11.4 Å². The largest absolute Gasteiger partial charge is 0.378 e. The highest BCUT2D eigenvalue weighted by Gasteiger charge is 2.12. The molecule has 0 spiro atoms. The van der Waals surface area contributed by atoms with Crippen LogP contribution < -0.4 is 9.62 Å². The Hall–Kier alpha value is -2.36. The second-order valence-corrected chi connectivity index (χ2v) is 6.79. The van der Waals surface area contributed by atoms with Gasteiger partial charge in [0, 0.05) is 25.3 Å². The first-order valence-corrected chi connectivity index (χ1v) is 8.38. The topological polar surface area (TPSA) is 49.4 Å². The molecule has 2 rings (SSSR count). The molecule has 1 N–H and O–H groups in total. The molecule has 0 radical (unpaired) electrons. The Morgan fingerprint density at radius 1 is 1.04 bits per heavy atom. The highest BCUT2D eigenvalue weighted by molar-refractivity contribution is 7.89. The van der Waals surface area contributed by atoms with Crippen molar-refractivity contribution in [1.29, 1.82) is 0 Å². The van der Waals surface area contributed by atoms with Crippen LogP contribution in [0.5, 0.6) is 0 Å². The van der Waals surface area contributed by atoms with Gasteiger partial charge < -0.3 is 4.90 Å². The first-order valence-electron chi connectivity index (χ1n) is 6.90. The number of nitrogens with one attached hydrogen (secondary N) is 1. The lowest BCUT2D eigenvalue weighted by Gasteiger charge is -2.11. The Labute approximate surface area is 136 Å². The fourth-order valence-electron chi connectivity index (χ4n) is 1.82. The summed E-state index contributed by atoms with van der Waals surface area (Å²) < 4.78 is 39.1. The Morgan fingerprint density at radius 2 is 1.65 bits per heavy atom. The molecule has 0 aliphatic carbocycles. The summed E-state index contributed by atoms with van der Waals surface area (Å²) in [5, 5.41) is 0. The van der Waals surface area contributed by atoms with Gasteiger partial charge in [-0.2, -0.15) is 4.72 Å². The lowest BCUT2D eigenvalue weighted by atomic mass is 10.2. The van der Waals surface area contributed by atoms with Crippen LogP contribution in [-0.2, 0) is 10.0 Å². The first-order chi connectivity index (χ1) is 10.9. The molecule has 0 aliphatic rings. The molecule has 6 heteroatoms. The highest BCUT2D eigenvalue weighted by atomic mass is 32.2. The van der Waals surface area contributed by atoms with Gasteiger partial charge in [-0.3, -0.25) is 0 Å². The molecule has 120 valence electrons. The van der Waals surface area contributed by atoms with Gasteiger partial charge in [0.2, 0.25) is 10.0 Å². The standard InChI is InChI=1S/C17H17FN2O2S/c1-20(2)16-9-5-14(6-10-16)4-3-13-19-23(21,22)17-11-7-15(18)8-12-17/h5-12,19H,13H2,1-2H3. The fourth-order valence-corrected chi connectivity index (χ4v) is 2.74. The van der Waals surface area contributed by atoms with Gasteiger partial charge >= 0.3 is 0 Å². The normalized spacial score (nSPS) is 10.7. The molecular weight excluding hydrogens is 315 g/mol. The minimum Gasteiger partial charge on any atom is -0.378 e. The van der Waals surface area contributed by atoms with E-state index in [1.165, 1.54) is 12.1 Å². The second-order valence-electron chi connectivity index (χ2n) is 5.02. The van der Waals surface area contributed by atoms with Crippen LogP contribution in [0.3, 0.4) is 0 Å². The van der Waals surface area contributed by atoms with Gasteiger partial charge in [0.25, 0.3) is 0 Å². The number of hydrogen-bond acceptors (Lipinski definition) is 3. The summed E-state index contributed by atoms with van der Waals surface area (Å²) in [6, 6.07) is 12.3. The number of rotatable bonds is 4. The van der Waals surface area contributed by atoms with E-state index < -0.39 is 15.8 Å². The maximum atomic E-state index is 12.8. The Bertz CT molecular complexity index is 818. The van der Waals surface area contributed by atoms with Crippen molar-refractivity contribution in [3.05, 3.63) is 59.9 Å². The molecule has 0 saturated heterocycles. The first kappa shape index (κ1) is 17.0. The van der Waals surface area contributed by atoms with Crippen LogP contribution in [-0.4, -0.2) is 29.1 Å². The quantitative estimate of drug-likeness (QED) is 0.874. The molecule has 0 aliphatic heterocycles. The van der Waals surface area contributed by atoms with E-state index in [0.29, 0.717) is 0 Å². The van der Waals surface area contributed by atoms with Crippen LogP contribution in [0.15, 0.2) is 53.4 Å². The molecule has 0 heterocycles. The zero-order chi connectivity index (χ0) is 16.9. The Balaban J connectivity index is 1.98. The lowest BCUT2D eigenvalue weighted by Crippen LogP contribution is -2.23. The minimum absolute atomic E-state index is 0.0102. The summed E-state index contributed by atoms with van der Waals surface area (Å²) in [5.74, 6) is 5.17. The molecule has 0 atom stereocenters. The molecule has 0 unspecified atom stereocenters. The zero-order valence-corrected chi connectivity index (χ0v) is 13.7. The third-order valence-electron chi connectivity index (χ3n) is 3.09. The third kappa shape index (κ3) is 4.81. The van der Waals surface area contributed by atoms with E-state index >= 15 is 0 Å². The van der Waals surface area contributed by atoms with Crippen molar-refractivity contribution in [3.8, 4) is 11.8 Å². The van der Waals surface area contributed by atoms with Gasteiger partial charge in [0.15, 0.2) is 0 Å². The van der Waals surface area contributed by atoms with E-state index in [4.69, 9.17) is 0 Å². The van der Waals surface area contributed by atoms with Crippen molar-refractivity contribution in [2.45, 2.75) is 4.90 Å². The van der Waals surface area contributed by atoms with Gasteiger partial charge in [-0.05, 0) is 48.5 Å². The molecule has 0 aromatic heterocycles. The van der Waals surface area contributed by atoms with Gasteiger partial charge in [-0.1, -0.05) is 11.8 Å². The molecule has 0 fully saturated rings. The number of benzene rings is 2. The molecule has 0 saturated carbocycles. The number of hydrogen-bond donors (Lipinski definition) is 1. The van der Waals surface area contributed by atoms with Gasteiger partial charge in [0.1, 0.15) is 5.82 Å². The van der Waals surface area contributed by atoms with Crippen molar-refractivity contribution in [2.24, 2.45) is 0 Å². The van der Waals surface area contributed by atoms with Gasteiger partial charge in [-0.15, -0.1) is 0 Å². The van der Waals surface area contributed by atoms with Crippen molar-refractivity contribution >= 4 is 15.7 Å². The maximum Gasteiger partial charge on any atom is 0.241 e. The third-order valence-corrected chi connectivity index (χ3v) is 4.51. The smallest absolute Gasteiger partial charge is 0.241 e. The zero-order valence-electron chi connectivity index (χ0n) is 12.9. The van der Waals surface area contributed by atoms with E-state index in [9.17, 15) is 12.8 Å². The summed E-state index contributed by atoms with van der Waals surface area (Å²) in [7, 11) is 0.223. The van der Waals surface area contributed by atoms with Crippen molar-refractivity contribution in [1.82, 2.24) is 4.72 Å². The lowest BCUT2D eigenvalue weighted by molar-refractivity contribution is 0.585. The summed E-state index contributed by atoms with van der Waals surface area (Å²) in [5.41, 5.74) is 1.86. The fraction of sp³-hybridized carbons (Fsp3) is 0.176. The van der Waals surface area contributed by atoms with E-state index in [0.717, 1.165) is 23.4 Å². The monoisotopic (exact) mass is 332 g/mol. The van der Waals surface area contributed by atoms with Crippen LogP contribution in [0.25, 0.3) is 0 Å². The summed E-state index contributed by atoms with van der Waals surface area (Å²) in [6.07, 6.45) is 0. The predicted octanol–water partition coefficient (Wildman–Crippen LogP) is 2.22. The van der Waals surface area contributed by atoms with E-state index in [1.807, 2.05) is 43.3 Å². The minimum atomic E-state index is -3.68. The molecule has 2 aromatic rings. The molecule has 0 bridgehead atoms. The SMILES string of the molecule is CN(C)c1ccc(C#CCNS(=O)(=O)c2ccc(F)cc2)cc1. The summed E-state index contributed by atoms with van der Waals surface area (Å²) in [6.45, 7) is -0.0187. The average Bonchev–Trinajstić information content (AvgIpc) is 2.52. The molecule has 2 aromatic carbocycles. The average molecular weight is 332 g/mol. The molecular formula is C17H17FN2O2S. The van der Waals surface area contributed by atoms with Crippen LogP contribution in [0.1, 0.15) is 5.56 Å². The predicted molar refractivity (Wildman–Crippen MR) is 89.2 cm³/mol. The van der Waals surface area contributed by atoms with E-state index in [-0.39, 0.29) is 11.4 Å². The molecule has 4 nitrogen and oxygen atoms in total. The maximum absolute atomic E-state index is 12.8. The van der Waals surface area contributed by atoms with Crippen LogP contribution in [0, 0.1) is 17.7 Å². The number of nitrogens with zero attached hydrogens (tertiary/aromatic N) is 1. The number of halogens is 1.